The monoisotopic (exact) mass is 413 g/mol. The minimum Gasteiger partial charge on any atom is -0.465 e. The van der Waals surface area contributed by atoms with Gasteiger partial charge in [-0.3, -0.25) is 0 Å². The third kappa shape index (κ3) is 3.32. The molecule has 29 heavy (non-hydrogen) atoms. The van der Waals surface area contributed by atoms with Crippen molar-refractivity contribution in [1.29, 1.82) is 0 Å². The molecule has 3 aromatic rings. The fourth-order valence-electron chi connectivity index (χ4n) is 4.00. The predicted molar refractivity (Wildman–Crippen MR) is 111 cm³/mol. The largest absolute Gasteiger partial charge is 0.465 e. The number of aromatic nitrogens is 2. The smallest absolute Gasteiger partial charge is 0.337 e. The molecular formula is C21H23N3O4S. The van der Waals surface area contributed by atoms with Gasteiger partial charge in [-0.05, 0) is 54.2 Å². The Morgan fingerprint density at radius 1 is 1.21 bits per heavy atom. The van der Waals surface area contributed by atoms with E-state index in [9.17, 15) is 13.2 Å². The second kappa shape index (κ2) is 7.27. The molecule has 1 aliphatic carbocycles. The zero-order chi connectivity index (χ0) is 20.8. The van der Waals surface area contributed by atoms with E-state index in [1.165, 1.54) is 11.4 Å². The van der Waals surface area contributed by atoms with Crippen LogP contribution < -0.4 is 0 Å². The average Bonchev–Trinajstić information content (AvgIpc) is 3.11. The van der Waals surface area contributed by atoms with Gasteiger partial charge in [0.15, 0.2) is 0 Å². The summed E-state index contributed by atoms with van der Waals surface area (Å²) in [7, 11) is 1.18. The van der Waals surface area contributed by atoms with Crippen LogP contribution in [0, 0.1) is 0 Å². The van der Waals surface area contributed by atoms with E-state index in [0.717, 1.165) is 33.4 Å². The Hall–Kier alpha value is -2.71. The summed E-state index contributed by atoms with van der Waals surface area (Å²) in [6.07, 6.45) is 3.45. The van der Waals surface area contributed by atoms with Crippen LogP contribution >= 0.6 is 0 Å². The second-order valence-corrected chi connectivity index (χ2v) is 9.85. The summed E-state index contributed by atoms with van der Waals surface area (Å²) in [6.45, 7) is 0. The van der Waals surface area contributed by atoms with Crippen molar-refractivity contribution in [3.05, 3.63) is 53.3 Å². The number of hydrogen-bond acceptors (Lipinski definition) is 5. The number of aromatic amines is 1. The van der Waals surface area contributed by atoms with E-state index in [2.05, 4.69) is 9.97 Å². The number of sulfonamides is 1. The van der Waals surface area contributed by atoms with Crippen LogP contribution in [0.1, 0.15) is 28.0 Å². The number of esters is 1. The predicted octanol–water partition coefficient (Wildman–Crippen LogP) is 2.77. The molecule has 0 aliphatic heterocycles. The Bertz CT molecular complexity index is 1180. The average molecular weight is 413 g/mol. The van der Waals surface area contributed by atoms with Crippen LogP contribution in [0.3, 0.4) is 0 Å². The molecule has 2 aromatic heterocycles. The molecular weight excluding hydrogens is 390 g/mol. The van der Waals surface area contributed by atoms with Gasteiger partial charge in [0.25, 0.3) is 0 Å². The molecule has 1 aromatic carbocycles. The number of nitrogens with one attached hydrogen (secondary N) is 1. The van der Waals surface area contributed by atoms with E-state index in [-0.39, 0.29) is 5.97 Å². The van der Waals surface area contributed by atoms with Gasteiger partial charge in [-0.15, -0.1) is 0 Å². The summed E-state index contributed by atoms with van der Waals surface area (Å²) < 4.78 is 31.5. The van der Waals surface area contributed by atoms with E-state index in [4.69, 9.17) is 4.74 Å². The lowest BCUT2D eigenvalue weighted by molar-refractivity contribution is 0.0600. The molecule has 0 spiro atoms. The van der Waals surface area contributed by atoms with Crippen molar-refractivity contribution in [2.45, 2.75) is 24.5 Å². The zero-order valence-corrected chi connectivity index (χ0v) is 17.4. The van der Waals surface area contributed by atoms with Crippen molar-refractivity contribution in [3.63, 3.8) is 0 Å². The maximum Gasteiger partial charge on any atom is 0.337 e. The fraction of sp³-hybridized carbons (Fsp3) is 0.333. The first-order chi connectivity index (χ1) is 13.8. The summed E-state index contributed by atoms with van der Waals surface area (Å²) in [6, 6.07) is 9.12. The van der Waals surface area contributed by atoms with Gasteiger partial charge in [-0.1, -0.05) is 12.1 Å². The summed E-state index contributed by atoms with van der Waals surface area (Å²) in [5, 5.41) is 0.505. The number of ether oxygens (including phenoxy) is 1. The molecule has 152 valence electrons. The Labute approximate surface area is 169 Å². The minimum absolute atomic E-state index is 0.382. The maximum atomic E-state index is 12.7. The molecule has 8 heteroatoms. The first-order valence-corrected chi connectivity index (χ1v) is 10.9. The summed E-state index contributed by atoms with van der Waals surface area (Å²) in [5.41, 5.74) is 5.21. The minimum atomic E-state index is -3.34. The molecule has 1 N–H and O–H groups in total. The van der Waals surface area contributed by atoms with Gasteiger partial charge in [0.2, 0.25) is 10.0 Å². The Morgan fingerprint density at radius 2 is 1.93 bits per heavy atom. The number of carbonyl (C=O) groups excluding carboxylic acids is 1. The summed E-state index contributed by atoms with van der Waals surface area (Å²) in [4.78, 5) is 19.5. The first-order valence-electron chi connectivity index (χ1n) is 9.41. The number of nitrogens with zero attached hydrogens (tertiary/aromatic N) is 2. The number of aryl methyl sites for hydroxylation is 1. The zero-order valence-electron chi connectivity index (χ0n) is 16.6. The van der Waals surface area contributed by atoms with Gasteiger partial charge >= 0.3 is 5.97 Å². The van der Waals surface area contributed by atoms with E-state index < -0.39 is 15.3 Å². The highest BCUT2D eigenvalue weighted by molar-refractivity contribution is 7.89. The third-order valence-electron chi connectivity index (χ3n) is 5.58. The molecule has 0 saturated heterocycles. The molecule has 1 atom stereocenters. The second-order valence-electron chi connectivity index (χ2n) is 7.43. The van der Waals surface area contributed by atoms with Gasteiger partial charge in [0.05, 0.1) is 17.9 Å². The van der Waals surface area contributed by atoms with Crippen molar-refractivity contribution in [1.82, 2.24) is 14.3 Å². The van der Waals surface area contributed by atoms with Crippen LogP contribution in [-0.4, -0.2) is 55.1 Å². The summed E-state index contributed by atoms with van der Waals surface area (Å²) in [5.74, 6) is -0.382. The van der Waals surface area contributed by atoms with Gasteiger partial charge in [-0.2, -0.15) is 0 Å². The van der Waals surface area contributed by atoms with Crippen LogP contribution in [0.4, 0.5) is 0 Å². The lowest BCUT2D eigenvalue weighted by Gasteiger charge is -2.25. The van der Waals surface area contributed by atoms with Crippen LogP contribution in [0.5, 0.6) is 0 Å². The third-order valence-corrected chi connectivity index (χ3v) is 7.84. The number of hydrogen-bond donors (Lipinski definition) is 1. The SMILES string of the molecule is COC(=O)c1ccc(-c2ccnc3[nH]c4c(c23)CC(S(=O)(=O)N(C)C)CC4)cc1. The molecule has 4 rings (SSSR count). The van der Waals surface area contributed by atoms with E-state index in [1.54, 1.807) is 32.4 Å². The Morgan fingerprint density at radius 3 is 2.59 bits per heavy atom. The number of methoxy groups -OCH3 is 1. The highest BCUT2D eigenvalue weighted by Crippen LogP contribution is 2.37. The van der Waals surface area contributed by atoms with Crippen molar-refractivity contribution in [2.75, 3.05) is 21.2 Å². The number of H-pyrrole nitrogens is 1. The van der Waals surface area contributed by atoms with Crippen LogP contribution in [0.15, 0.2) is 36.5 Å². The van der Waals surface area contributed by atoms with E-state index in [0.29, 0.717) is 24.8 Å². The lowest BCUT2D eigenvalue weighted by Crippen LogP contribution is -2.37. The molecule has 0 saturated carbocycles. The lowest BCUT2D eigenvalue weighted by atomic mass is 9.92. The molecule has 0 amide bonds. The van der Waals surface area contributed by atoms with Crippen molar-refractivity contribution in [3.8, 4) is 11.1 Å². The molecule has 0 bridgehead atoms. The normalized spacial score (nSPS) is 16.8. The van der Waals surface area contributed by atoms with Crippen molar-refractivity contribution >= 4 is 27.0 Å². The van der Waals surface area contributed by atoms with Crippen LogP contribution in [-0.2, 0) is 27.6 Å². The number of benzene rings is 1. The fourth-order valence-corrected chi connectivity index (χ4v) is 5.39. The highest BCUT2D eigenvalue weighted by Gasteiger charge is 2.33. The van der Waals surface area contributed by atoms with Crippen molar-refractivity contribution in [2.24, 2.45) is 0 Å². The quantitative estimate of drug-likeness (QED) is 0.664. The van der Waals surface area contributed by atoms with Crippen LogP contribution in [0.25, 0.3) is 22.2 Å². The topological polar surface area (TPSA) is 92.4 Å². The molecule has 0 radical (unpaired) electrons. The number of rotatable bonds is 4. The molecule has 1 unspecified atom stereocenters. The maximum absolute atomic E-state index is 12.7. The standard InChI is InChI=1S/C21H23N3O4S/c1-24(2)29(26,27)15-8-9-18-17(12-15)19-16(10-11-22-20(19)23-18)13-4-6-14(7-5-13)21(25)28-3/h4-7,10-11,15H,8-9,12H2,1-3H3,(H,22,23). The van der Waals surface area contributed by atoms with E-state index >= 15 is 0 Å². The summed E-state index contributed by atoms with van der Waals surface area (Å²) >= 11 is 0. The number of fused-ring (bicyclic) bond motifs is 3. The van der Waals surface area contributed by atoms with Crippen LogP contribution in [0.2, 0.25) is 0 Å². The Balaban J connectivity index is 1.80. The number of carbonyl (C=O) groups is 1. The Kier molecular flexibility index (Phi) is 4.92. The number of pyridine rings is 1. The molecule has 1 aliphatic rings. The van der Waals surface area contributed by atoms with Gasteiger partial charge in [0, 0.05) is 31.4 Å². The van der Waals surface area contributed by atoms with Crippen molar-refractivity contribution < 1.29 is 17.9 Å². The molecule has 2 heterocycles. The first kappa shape index (κ1) is 19.6. The van der Waals surface area contributed by atoms with E-state index in [1.807, 2.05) is 18.2 Å². The molecule has 0 fully saturated rings. The van der Waals surface area contributed by atoms with Gasteiger partial charge < -0.3 is 9.72 Å². The highest BCUT2D eigenvalue weighted by atomic mass is 32.2. The molecule has 7 nitrogen and oxygen atoms in total. The van der Waals surface area contributed by atoms with Gasteiger partial charge in [0.1, 0.15) is 5.65 Å². The van der Waals surface area contributed by atoms with Gasteiger partial charge in [-0.25, -0.2) is 22.5 Å².